The number of carbonyl (C=O) groups is 2. The average molecular weight is 311 g/mol. The molecule has 0 atom stereocenters. The number of hydrogen-bond donors (Lipinski definition) is 2. The highest BCUT2D eigenvalue weighted by Gasteiger charge is 2.15. The van der Waals surface area contributed by atoms with E-state index in [4.69, 9.17) is 4.74 Å². The Kier molecular flexibility index (Phi) is 5.15. The fourth-order valence-electron chi connectivity index (χ4n) is 2.05. The molecular weight excluding hydrogens is 294 g/mol. The lowest BCUT2D eigenvalue weighted by molar-refractivity contribution is -0.114. The molecule has 2 aromatic rings. The van der Waals surface area contributed by atoms with Gasteiger partial charge in [-0.2, -0.15) is 0 Å². The van der Waals surface area contributed by atoms with Crippen LogP contribution in [-0.2, 0) is 4.79 Å². The maximum Gasteiger partial charge on any atom is 0.221 e. The number of rotatable bonds is 5. The smallest absolute Gasteiger partial charge is 0.221 e. The molecule has 23 heavy (non-hydrogen) atoms. The highest BCUT2D eigenvalue weighted by atomic mass is 16.5. The van der Waals surface area contributed by atoms with E-state index in [1.807, 2.05) is 30.3 Å². The molecule has 0 heterocycles. The molecule has 118 valence electrons. The van der Waals surface area contributed by atoms with Gasteiger partial charge in [0.2, 0.25) is 5.91 Å². The molecule has 0 saturated carbocycles. The molecular formula is C18H17NO4. The van der Waals surface area contributed by atoms with Gasteiger partial charge in [-0.3, -0.25) is 9.59 Å². The summed E-state index contributed by atoms with van der Waals surface area (Å²) in [7, 11) is 1.41. The van der Waals surface area contributed by atoms with E-state index >= 15 is 0 Å². The summed E-state index contributed by atoms with van der Waals surface area (Å²) in [5.41, 5.74) is 1.28. The summed E-state index contributed by atoms with van der Waals surface area (Å²) in [6.07, 6.45) is 3.03. The van der Waals surface area contributed by atoms with Crippen molar-refractivity contribution < 1.29 is 19.4 Å². The van der Waals surface area contributed by atoms with Crippen molar-refractivity contribution in [3.8, 4) is 11.5 Å². The zero-order valence-corrected chi connectivity index (χ0v) is 12.9. The maximum absolute atomic E-state index is 12.3. The standard InChI is InChI=1S/C18H17NO4/c1-12(20)19-15-10-14(17(22)11-18(15)23-2)16(21)9-8-13-6-4-3-5-7-13/h3-11,22H,1-2H3,(H,19,20)/b9-8+. The quantitative estimate of drug-likeness (QED) is 0.505. The van der Waals surface area contributed by atoms with Gasteiger partial charge in [-0.1, -0.05) is 36.4 Å². The zero-order chi connectivity index (χ0) is 16.8. The minimum atomic E-state index is -0.374. The van der Waals surface area contributed by atoms with Crippen molar-refractivity contribution >= 4 is 23.5 Å². The lowest BCUT2D eigenvalue weighted by Gasteiger charge is -2.11. The molecule has 0 bridgehead atoms. The number of phenols is 1. The van der Waals surface area contributed by atoms with Crippen LogP contribution in [0.5, 0.6) is 11.5 Å². The third-order valence-electron chi connectivity index (χ3n) is 3.12. The predicted octanol–water partition coefficient (Wildman–Crippen LogP) is 3.26. The molecule has 0 aliphatic carbocycles. The van der Waals surface area contributed by atoms with Crippen molar-refractivity contribution in [3.63, 3.8) is 0 Å². The first kappa shape index (κ1) is 16.3. The van der Waals surface area contributed by atoms with E-state index in [9.17, 15) is 14.7 Å². The summed E-state index contributed by atoms with van der Waals surface area (Å²) < 4.78 is 5.09. The van der Waals surface area contributed by atoms with Crippen LogP contribution in [0.2, 0.25) is 0 Å². The number of benzene rings is 2. The van der Waals surface area contributed by atoms with E-state index in [-0.39, 0.29) is 28.8 Å². The number of anilines is 1. The molecule has 2 rings (SSSR count). The number of ketones is 1. The summed E-state index contributed by atoms with van der Waals surface area (Å²) in [4.78, 5) is 23.5. The molecule has 0 aromatic heterocycles. The molecule has 0 saturated heterocycles. The van der Waals surface area contributed by atoms with Gasteiger partial charge in [0.15, 0.2) is 5.78 Å². The van der Waals surface area contributed by atoms with Crippen LogP contribution in [-0.4, -0.2) is 23.9 Å². The second-order valence-corrected chi connectivity index (χ2v) is 4.86. The van der Waals surface area contributed by atoms with Gasteiger partial charge in [0.25, 0.3) is 0 Å². The number of ether oxygens (including phenoxy) is 1. The van der Waals surface area contributed by atoms with Crippen molar-refractivity contribution in [1.29, 1.82) is 0 Å². The second-order valence-electron chi connectivity index (χ2n) is 4.86. The molecule has 1 amide bonds. The second kappa shape index (κ2) is 7.26. The van der Waals surface area contributed by atoms with Gasteiger partial charge in [-0.05, 0) is 17.7 Å². The van der Waals surface area contributed by atoms with Gasteiger partial charge < -0.3 is 15.2 Å². The van der Waals surface area contributed by atoms with Gasteiger partial charge >= 0.3 is 0 Å². The third-order valence-corrected chi connectivity index (χ3v) is 3.12. The number of methoxy groups -OCH3 is 1. The summed E-state index contributed by atoms with van der Waals surface area (Å²) in [6, 6.07) is 12.0. The highest BCUT2D eigenvalue weighted by molar-refractivity contribution is 6.09. The fraction of sp³-hybridized carbons (Fsp3) is 0.111. The fourth-order valence-corrected chi connectivity index (χ4v) is 2.05. The van der Waals surface area contributed by atoms with Gasteiger partial charge in [-0.15, -0.1) is 0 Å². The molecule has 2 aromatic carbocycles. The number of allylic oxidation sites excluding steroid dienone is 1. The average Bonchev–Trinajstić information content (AvgIpc) is 2.54. The SMILES string of the molecule is COc1cc(O)c(C(=O)/C=C/c2ccccc2)cc1NC(C)=O. The van der Waals surface area contributed by atoms with Crippen LogP contribution in [0, 0.1) is 0 Å². The monoisotopic (exact) mass is 311 g/mol. The van der Waals surface area contributed by atoms with E-state index in [1.54, 1.807) is 6.08 Å². The third kappa shape index (κ3) is 4.20. The van der Waals surface area contributed by atoms with Gasteiger partial charge in [0, 0.05) is 13.0 Å². The molecule has 0 fully saturated rings. The van der Waals surface area contributed by atoms with Crippen LogP contribution in [0.4, 0.5) is 5.69 Å². The Bertz CT molecular complexity index is 751. The Morgan fingerprint density at radius 2 is 1.87 bits per heavy atom. The molecule has 0 spiro atoms. The highest BCUT2D eigenvalue weighted by Crippen LogP contribution is 2.32. The first-order chi connectivity index (χ1) is 11.0. The molecule has 0 radical (unpaired) electrons. The lowest BCUT2D eigenvalue weighted by Crippen LogP contribution is -2.08. The van der Waals surface area contributed by atoms with Crippen LogP contribution in [0.25, 0.3) is 6.08 Å². The Balaban J connectivity index is 2.32. The minimum absolute atomic E-state index is 0.0849. The summed E-state index contributed by atoms with van der Waals surface area (Å²) in [5.74, 6) is -0.604. The van der Waals surface area contributed by atoms with Crippen molar-refractivity contribution in [1.82, 2.24) is 0 Å². The maximum atomic E-state index is 12.3. The van der Waals surface area contributed by atoms with E-state index in [1.165, 1.54) is 32.2 Å². The Morgan fingerprint density at radius 1 is 1.17 bits per heavy atom. The number of nitrogens with one attached hydrogen (secondary N) is 1. The Morgan fingerprint density at radius 3 is 2.48 bits per heavy atom. The van der Waals surface area contributed by atoms with Crippen molar-refractivity contribution in [2.75, 3.05) is 12.4 Å². The van der Waals surface area contributed by atoms with Gasteiger partial charge in [0.05, 0.1) is 18.4 Å². The molecule has 0 aliphatic rings. The molecule has 0 unspecified atom stereocenters. The molecule has 5 heteroatoms. The number of phenolic OH excluding ortho intramolecular Hbond substituents is 1. The first-order valence-corrected chi connectivity index (χ1v) is 6.97. The first-order valence-electron chi connectivity index (χ1n) is 6.97. The van der Waals surface area contributed by atoms with Gasteiger partial charge in [-0.25, -0.2) is 0 Å². The van der Waals surface area contributed by atoms with Crippen LogP contribution in [0.1, 0.15) is 22.8 Å². The molecule has 0 aliphatic heterocycles. The van der Waals surface area contributed by atoms with Crippen molar-refractivity contribution in [2.24, 2.45) is 0 Å². The van der Waals surface area contributed by atoms with Crippen LogP contribution < -0.4 is 10.1 Å². The van der Waals surface area contributed by atoms with Crippen molar-refractivity contribution in [3.05, 3.63) is 59.7 Å². The van der Waals surface area contributed by atoms with Crippen molar-refractivity contribution in [2.45, 2.75) is 6.92 Å². The van der Waals surface area contributed by atoms with E-state index in [2.05, 4.69) is 5.32 Å². The number of aromatic hydroxyl groups is 1. The topological polar surface area (TPSA) is 75.6 Å². The van der Waals surface area contributed by atoms with E-state index in [0.29, 0.717) is 5.69 Å². The van der Waals surface area contributed by atoms with Crippen LogP contribution >= 0.6 is 0 Å². The molecule has 5 nitrogen and oxygen atoms in total. The van der Waals surface area contributed by atoms with E-state index in [0.717, 1.165) is 5.56 Å². The lowest BCUT2D eigenvalue weighted by atomic mass is 10.1. The summed E-state index contributed by atoms with van der Waals surface area (Å²) in [5, 5.41) is 12.6. The molecule has 2 N–H and O–H groups in total. The van der Waals surface area contributed by atoms with Gasteiger partial charge in [0.1, 0.15) is 11.5 Å². The Labute approximate surface area is 134 Å². The Hall–Kier alpha value is -3.08. The minimum Gasteiger partial charge on any atom is -0.507 e. The van der Waals surface area contributed by atoms with E-state index < -0.39 is 0 Å². The predicted molar refractivity (Wildman–Crippen MR) is 88.8 cm³/mol. The van der Waals surface area contributed by atoms with Crippen LogP contribution in [0.3, 0.4) is 0 Å². The zero-order valence-electron chi connectivity index (χ0n) is 12.9. The number of carbonyl (C=O) groups excluding carboxylic acids is 2. The van der Waals surface area contributed by atoms with Crippen LogP contribution in [0.15, 0.2) is 48.5 Å². The largest absolute Gasteiger partial charge is 0.507 e. The summed E-state index contributed by atoms with van der Waals surface area (Å²) >= 11 is 0. The number of amides is 1. The summed E-state index contributed by atoms with van der Waals surface area (Å²) in [6.45, 7) is 1.35. The normalized spacial score (nSPS) is 10.5. The number of hydrogen-bond acceptors (Lipinski definition) is 4.